The molecule has 2 heteroatoms. The van der Waals surface area contributed by atoms with Crippen LogP contribution < -0.4 is 4.90 Å². The summed E-state index contributed by atoms with van der Waals surface area (Å²) in [6.45, 7) is 4.45. The number of halogens is 1. The van der Waals surface area contributed by atoms with Crippen molar-refractivity contribution in [1.82, 2.24) is 0 Å². The van der Waals surface area contributed by atoms with Gasteiger partial charge >= 0.3 is 0 Å². The third kappa shape index (κ3) is 4.67. The summed E-state index contributed by atoms with van der Waals surface area (Å²) in [4.78, 5) is 2.33. The molecule has 3 rings (SSSR count). The molecule has 0 radical (unpaired) electrons. The summed E-state index contributed by atoms with van der Waals surface area (Å²) < 4.78 is 1.25. The van der Waals surface area contributed by atoms with Gasteiger partial charge in [0, 0.05) is 20.6 Å². The van der Waals surface area contributed by atoms with Crippen molar-refractivity contribution in [3.63, 3.8) is 0 Å². The lowest BCUT2D eigenvalue weighted by Gasteiger charge is -2.26. The number of rotatable bonds is 7. The van der Waals surface area contributed by atoms with Gasteiger partial charge in [0.25, 0.3) is 0 Å². The van der Waals surface area contributed by atoms with Crippen molar-refractivity contribution < 1.29 is 0 Å². The van der Waals surface area contributed by atoms with Crippen LogP contribution in [-0.4, -0.2) is 0 Å². The smallest absolute Gasteiger partial charge is 0.0462 e. The second-order valence-corrected chi connectivity index (χ2v) is 7.89. The van der Waals surface area contributed by atoms with Gasteiger partial charge in [0.05, 0.1) is 0 Å². The molecule has 0 aromatic heterocycles. The zero-order valence-electron chi connectivity index (χ0n) is 15.6. The molecule has 0 spiro atoms. The second kappa shape index (κ2) is 9.22. The molecule has 0 unspecified atom stereocenters. The van der Waals surface area contributed by atoms with Crippen molar-refractivity contribution in [2.24, 2.45) is 0 Å². The van der Waals surface area contributed by atoms with Crippen LogP contribution in [0.5, 0.6) is 0 Å². The van der Waals surface area contributed by atoms with Crippen molar-refractivity contribution in [3.8, 4) is 0 Å². The van der Waals surface area contributed by atoms with E-state index >= 15 is 0 Å². The van der Waals surface area contributed by atoms with Crippen LogP contribution in [0, 0.1) is 3.57 Å². The van der Waals surface area contributed by atoms with Gasteiger partial charge in [-0.3, -0.25) is 0 Å². The van der Waals surface area contributed by atoms with Crippen molar-refractivity contribution in [2.45, 2.75) is 39.5 Å². The molecule has 0 saturated carbocycles. The van der Waals surface area contributed by atoms with E-state index in [0.717, 1.165) is 12.8 Å². The molecule has 0 amide bonds. The van der Waals surface area contributed by atoms with Crippen LogP contribution in [0.2, 0.25) is 0 Å². The second-order valence-electron chi connectivity index (χ2n) is 6.64. The lowest BCUT2D eigenvalue weighted by molar-refractivity contribution is 0.921. The Labute approximate surface area is 171 Å². The molecule has 0 atom stereocenters. The fourth-order valence-corrected chi connectivity index (χ4v) is 3.60. The van der Waals surface area contributed by atoms with Gasteiger partial charge in [-0.2, -0.15) is 0 Å². The molecule has 0 aliphatic heterocycles. The van der Waals surface area contributed by atoms with E-state index in [9.17, 15) is 0 Å². The molecule has 0 saturated heterocycles. The van der Waals surface area contributed by atoms with E-state index in [1.165, 1.54) is 44.6 Å². The van der Waals surface area contributed by atoms with Gasteiger partial charge in [0.1, 0.15) is 0 Å². The van der Waals surface area contributed by atoms with E-state index in [4.69, 9.17) is 0 Å². The molecule has 0 aliphatic carbocycles. The molecule has 0 fully saturated rings. The summed E-state index contributed by atoms with van der Waals surface area (Å²) in [5.41, 5.74) is 6.40. The van der Waals surface area contributed by atoms with E-state index in [1.807, 2.05) is 0 Å². The zero-order valence-corrected chi connectivity index (χ0v) is 17.7. The molecule has 0 aliphatic rings. The summed E-state index contributed by atoms with van der Waals surface area (Å²) in [5, 5.41) is 0. The van der Waals surface area contributed by atoms with Crippen LogP contribution in [-0.2, 0) is 12.8 Å². The van der Waals surface area contributed by atoms with Gasteiger partial charge in [-0.15, -0.1) is 0 Å². The van der Waals surface area contributed by atoms with Crippen molar-refractivity contribution in [2.75, 3.05) is 4.90 Å². The van der Waals surface area contributed by atoms with Crippen molar-refractivity contribution in [1.29, 1.82) is 0 Å². The Balaban J connectivity index is 1.99. The summed E-state index contributed by atoms with van der Waals surface area (Å²) in [6.07, 6.45) is 4.63. The standard InChI is InChI=1S/C24H26IN/c1-3-5-19-7-13-22(14-8-19)26(24-17-11-21(25)12-18-24)23-15-9-20(6-4-2)10-16-23/h7-18H,3-6H2,1-2H3. The Bertz CT molecular complexity index is 755. The van der Waals surface area contributed by atoms with Gasteiger partial charge < -0.3 is 4.90 Å². The van der Waals surface area contributed by atoms with E-state index in [2.05, 4.69) is 114 Å². The maximum absolute atomic E-state index is 2.36. The quantitative estimate of drug-likeness (QED) is 0.331. The number of hydrogen-bond donors (Lipinski definition) is 0. The van der Waals surface area contributed by atoms with Gasteiger partial charge in [0.15, 0.2) is 0 Å². The minimum absolute atomic E-state index is 1.13. The Morgan fingerprint density at radius 3 is 1.27 bits per heavy atom. The number of benzene rings is 3. The minimum Gasteiger partial charge on any atom is -0.311 e. The third-order valence-corrected chi connectivity index (χ3v) is 5.27. The first kappa shape index (κ1) is 19.0. The van der Waals surface area contributed by atoms with Crippen LogP contribution in [0.4, 0.5) is 17.1 Å². The average Bonchev–Trinajstić information content (AvgIpc) is 2.67. The predicted molar refractivity (Wildman–Crippen MR) is 122 cm³/mol. The maximum atomic E-state index is 2.36. The Kier molecular flexibility index (Phi) is 6.73. The number of anilines is 3. The van der Waals surface area contributed by atoms with E-state index in [-0.39, 0.29) is 0 Å². The summed E-state index contributed by atoms with van der Waals surface area (Å²) >= 11 is 2.36. The summed E-state index contributed by atoms with van der Waals surface area (Å²) in [5.74, 6) is 0. The van der Waals surface area contributed by atoms with Gasteiger partial charge in [-0.05, 0) is 95.1 Å². The summed E-state index contributed by atoms with van der Waals surface area (Å²) in [7, 11) is 0. The predicted octanol–water partition coefficient (Wildman–Crippen LogP) is 7.67. The molecule has 0 heterocycles. The van der Waals surface area contributed by atoms with E-state index < -0.39 is 0 Å². The molecule has 26 heavy (non-hydrogen) atoms. The SMILES string of the molecule is CCCc1ccc(N(c2ccc(I)cc2)c2ccc(CCC)cc2)cc1. The fourth-order valence-electron chi connectivity index (χ4n) is 3.24. The first-order valence-electron chi connectivity index (χ1n) is 9.45. The lowest BCUT2D eigenvalue weighted by atomic mass is 10.1. The Morgan fingerprint density at radius 2 is 0.923 bits per heavy atom. The van der Waals surface area contributed by atoms with Gasteiger partial charge in [0.2, 0.25) is 0 Å². The van der Waals surface area contributed by atoms with Crippen LogP contribution >= 0.6 is 22.6 Å². The molecule has 134 valence electrons. The Morgan fingerprint density at radius 1 is 0.577 bits per heavy atom. The molecule has 0 bridgehead atoms. The molecule has 0 N–H and O–H groups in total. The van der Waals surface area contributed by atoms with Crippen LogP contribution in [0.25, 0.3) is 0 Å². The van der Waals surface area contributed by atoms with E-state index in [0.29, 0.717) is 0 Å². The zero-order chi connectivity index (χ0) is 18.4. The number of hydrogen-bond acceptors (Lipinski definition) is 1. The topological polar surface area (TPSA) is 3.24 Å². The van der Waals surface area contributed by atoms with Crippen LogP contribution in [0.1, 0.15) is 37.8 Å². The molecular weight excluding hydrogens is 429 g/mol. The maximum Gasteiger partial charge on any atom is 0.0462 e. The normalized spacial score (nSPS) is 10.7. The first-order valence-corrected chi connectivity index (χ1v) is 10.5. The Hall–Kier alpha value is -1.81. The van der Waals surface area contributed by atoms with E-state index in [1.54, 1.807) is 0 Å². The highest BCUT2D eigenvalue weighted by Crippen LogP contribution is 2.35. The summed E-state index contributed by atoms with van der Waals surface area (Å²) in [6, 6.07) is 26.7. The first-order chi connectivity index (χ1) is 12.7. The highest BCUT2D eigenvalue weighted by atomic mass is 127. The lowest BCUT2D eigenvalue weighted by Crippen LogP contribution is -2.10. The molecule has 3 aromatic rings. The average molecular weight is 455 g/mol. The van der Waals surface area contributed by atoms with Crippen molar-refractivity contribution in [3.05, 3.63) is 87.5 Å². The molecular formula is C24H26IN. The minimum atomic E-state index is 1.13. The highest BCUT2D eigenvalue weighted by molar-refractivity contribution is 14.1. The number of nitrogens with zero attached hydrogens (tertiary/aromatic N) is 1. The third-order valence-electron chi connectivity index (χ3n) is 4.55. The fraction of sp³-hybridized carbons (Fsp3) is 0.250. The highest BCUT2D eigenvalue weighted by Gasteiger charge is 2.12. The monoisotopic (exact) mass is 455 g/mol. The largest absolute Gasteiger partial charge is 0.311 e. The van der Waals surface area contributed by atoms with Crippen LogP contribution in [0.15, 0.2) is 72.8 Å². The van der Waals surface area contributed by atoms with Crippen LogP contribution in [0.3, 0.4) is 0 Å². The van der Waals surface area contributed by atoms with Gasteiger partial charge in [-0.25, -0.2) is 0 Å². The molecule has 1 nitrogen and oxygen atoms in total. The van der Waals surface area contributed by atoms with Gasteiger partial charge in [-0.1, -0.05) is 51.0 Å². The molecule has 3 aromatic carbocycles. The number of aryl methyl sites for hydroxylation is 2. The van der Waals surface area contributed by atoms with Crippen molar-refractivity contribution >= 4 is 39.7 Å².